The third-order valence-electron chi connectivity index (χ3n) is 4.18. The molecule has 7 heteroatoms. The molecule has 1 aliphatic heterocycles. The van der Waals surface area contributed by atoms with Crippen molar-refractivity contribution in [2.45, 2.75) is 31.4 Å². The monoisotopic (exact) mass is 334 g/mol. The van der Waals surface area contributed by atoms with Gasteiger partial charge < -0.3 is 10.5 Å². The highest BCUT2D eigenvalue weighted by Crippen LogP contribution is 2.43. The summed E-state index contributed by atoms with van der Waals surface area (Å²) in [6.45, 7) is 0. The summed E-state index contributed by atoms with van der Waals surface area (Å²) in [6.07, 6.45) is -3.01. The summed E-state index contributed by atoms with van der Waals surface area (Å²) in [5.74, 6) is -0.640. The van der Waals surface area contributed by atoms with Crippen molar-refractivity contribution in [3.05, 3.63) is 58.2 Å². The number of rotatable bonds is 1. The Labute approximate surface area is 136 Å². The summed E-state index contributed by atoms with van der Waals surface area (Å²) in [5, 5.41) is 9.37. The van der Waals surface area contributed by atoms with Gasteiger partial charge in [0, 0.05) is 18.4 Å². The van der Waals surface area contributed by atoms with Gasteiger partial charge in [0.25, 0.3) is 0 Å². The molecule has 1 heterocycles. The molecule has 1 aromatic carbocycles. The predicted octanol–water partition coefficient (Wildman–Crippen LogP) is 3.52. The third-order valence-corrected chi connectivity index (χ3v) is 4.18. The molecule has 2 N–H and O–H groups in total. The van der Waals surface area contributed by atoms with Crippen LogP contribution in [0.4, 0.5) is 13.2 Å². The number of carbonyl (C=O) groups excluding carboxylic acids is 1. The Balaban J connectivity index is 2.11. The van der Waals surface area contributed by atoms with Crippen LogP contribution in [0, 0.1) is 11.3 Å². The molecule has 3 rings (SSSR count). The Morgan fingerprint density at radius 3 is 2.46 bits per heavy atom. The van der Waals surface area contributed by atoms with Crippen LogP contribution in [0.2, 0.25) is 0 Å². The van der Waals surface area contributed by atoms with Gasteiger partial charge in [-0.15, -0.1) is 0 Å². The number of allylic oxidation sites excluding steroid dienone is 3. The van der Waals surface area contributed by atoms with E-state index in [1.165, 1.54) is 12.1 Å². The highest BCUT2D eigenvalue weighted by molar-refractivity contribution is 5.99. The zero-order chi connectivity index (χ0) is 17.5. The van der Waals surface area contributed by atoms with E-state index in [1.54, 1.807) is 0 Å². The lowest BCUT2D eigenvalue weighted by Crippen LogP contribution is -2.27. The normalized spacial score (nSPS) is 21.2. The SMILES string of the molecule is N#CC1=C(N)OC2=C(C(=O)CCC2)[C@@H]1c1ccc(C(F)(F)F)cc1. The molecule has 1 aromatic rings. The molecular weight excluding hydrogens is 321 g/mol. The van der Waals surface area contributed by atoms with E-state index in [4.69, 9.17) is 10.5 Å². The standard InChI is InChI=1S/C17H13F3N2O2/c18-17(19,20)10-6-4-9(5-7-10)14-11(8-21)16(22)24-13-3-1-2-12(23)15(13)14/h4-7,14H,1-3,22H2/t14-/m1/s1. The van der Waals surface area contributed by atoms with Crippen LogP contribution in [-0.2, 0) is 15.7 Å². The Kier molecular flexibility index (Phi) is 3.84. The Bertz CT molecular complexity index is 799. The predicted molar refractivity (Wildman–Crippen MR) is 78.0 cm³/mol. The number of ether oxygens (including phenoxy) is 1. The van der Waals surface area contributed by atoms with E-state index >= 15 is 0 Å². The van der Waals surface area contributed by atoms with Crippen molar-refractivity contribution in [1.29, 1.82) is 5.26 Å². The minimum atomic E-state index is -4.45. The number of halogens is 3. The number of nitriles is 1. The summed E-state index contributed by atoms with van der Waals surface area (Å²) in [4.78, 5) is 12.3. The van der Waals surface area contributed by atoms with Crippen LogP contribution in [0.15, 0.2) is 47.1 Å². The van der Waals surface area contributed by atoms with Crippen molar-refractivity contribution in [3.63, 3.8) is 0 Å². The fraction of sp³-hybridized carbons (Fsp3) is 0.294. The summed E-state index contributed by atoms with van der Waals surface area (Å²) in [5.41, 5.74) is 5.77. The molecule has 1 aliphatic carbocycles. The van der Waals surface area contributed by atoms with Crippen LogP contribution in [0.25, 0.3) is 0 Å². The second-order valence-electron chi connectivity index (χ2n) is 5.66. The number of nitrogens with zero attached hydrogens (tertiary/aromatic N) is 1. The van der Waals surface area contributed by atoms with Crippen LogP contribution in [0.3, 0.4) is 0 Å². The molecule has 4 nitrogen and oxygen atoms in total. The maximum Gasteiger partial charge on any atom is 0.416 e. The van der Waals surface area contributed by atoms with E-state index in [0.717, 1.165) is 12.1 Å². The zero-order valence-corrected chi connectivity index (χ0v) is 12.5. The van der Waals surface area contributed by atoms with E-state index in [9.17, 15) is 23.2 Å². The van der Waals surface area contributed by atoms with Gasteiger partial charge in [-0.3, -0.25) is 4.79 Å². The highest BCUT2D eigenvalue weighted by Gasteiger charge is 2.38. The molecule has 2 aliphatic rings. The molecular formula is C17H13F3N2O2. The van der Waals surface area contributed by atoms with Crippen molar-refractivity contribution in [3.8, 4) is 6.07 Å². The number of hydrogen-bond donors (Lipinski definition) is 1. The first-order valence-electron chi connectivity index (χ1n) is 7.34. The lowest BCUT2D eigenvalue weighted by Gasteiger charge is -2.31. The largest absolute Gasteiger partial charge is 0.444 e. The smallest absolute Gasteiger partial charge is 0.416 e. The quantitative estimate of drug-likeness (QED) is 0.852. The molecule has 0 saturated heterocycles. The molecule has 0 unspecified atom stereocenters. The van der Waals surface area contributed by atoms with Crippen LogP contribution in [0.5, 0.6) is 0 Å². The minimum absolute atomic E-state index is 0.0451. The van der Waals surface area contributed by atoms with Gasteiger partial charge in [-0.05, 0) is 24.1 Å². The van der Waals surface area contributed by atoms with Crippen LogP contribution in [-0.4, -0.2) is 5.78 Å². The molecule has 24 heavy (non-hydrogen) atoms. The van der Waals surface area contributed by atoms with Crippen molar-refractivity contribution >= 4 is 5.78 Å². The van der Waals surface area contributed by atoms with Crippen molar-refractivity contribution in [2.75, 3.05) is 0 Å². The average Bonchev–Trinajstić information content (AvgIpc) is 2.53. The maximum absolute atomic E-state index is 12.7. The Hall–Kier alpha value is -2.75. The van der Waals surface area contributed by atoms with Crippen molar-refractivity contribution in [2.24, 2.45) is 5.73 Å². The van der Waals surface area contributed by atoms with Gasteiger partial charge in [-0.2, -0.15) is 18.4 Å². The molecule has 0 radical (unpaired) electrons. The molecule has 0 spiro atoms. The fourth-order valence-corrected chi connectivity index (χ4v) is 3.05. The number of benzene rings is 1. The van der Waals surface area contributed by atoms with Gasteiger partial charge in [0.15, 0.2) is 5.78 Å². The van der Waals surface area contributed by atoms with E-state index in [-0.39, 0.29) is 17.2 Å². The number of carbonyl (C=O) groups is 1. The van der Waals surface area contributed by atoms with Crippen LogP contribution >= 0.6 is 0 Å². The number of nitrogens with two attached hydrogens (primary N) is 1. The summed E-state index contributed by atoms with van der Waals surface area (Å²) < 4.78 is 43.6. The number of hydrogen-bond acceptors (Lipinski definition) is 4. The second-order valence-corrected chi connectivity index (χ2v) is 5.66. The summed E-state index contributed by atoms with van der Waals surface area (Å²) in [6, 6.07) is 6.34. The lowest BCUT2D eigenvalue weighted by atomic mass is 9.77. The fourth-order valence-electron chi connectivity index (χ4n) is 3.05. The first kappa shape index (κ1) is 16.1. The molecule has 0 fully saturated rings. The van der Waals surface area contributed by atoms with E-state index in [0.29, 0.717) is 36.2 Å². The third kappa shape index (κ3) is 2.64. The highest BCUT2D eigenvalue weighted by atomic mass is 19.4. The number of ketones is 1. The number of alkyl halides is 3. The minimum Gasteiger partial charge on any atom is -0.444 e. The molecule has 0 saturated carbocycles. The summed E-state index contributed by atoms with van der Waals surface area (Å²) in [7, 11) is 0. The second kappa shape index (κ2) is 5.71. The van der Waals surface area contributed by atoms with E-state index in [2.05, 4.69) is 0 Å². The van der Waals surface area contributed by atoms with E-state index in [1.807, 2.05) is 6.07 Å². The first-order valence-corrected chi connectivity index (χ1v) is 7.34. The first-order chi connectivity index (χ1) is 11.3. The molecule has 0 amide bonds. The topological polar surface area (TPSA) is 76.1 Å². The van der Waals surface area contributed by atoms with Gasteiger partial charge in [0.1, 0.15) is 17.4 Å². The van der Waals surface area contributed by atoms with Gasteiger partial charge in [0.05, 0.1) is 11.5 Å². The van der Waals surface area contributed by atoms with Crippen LogP contribution in [0.1, 0.15) is 36.3 Å². The van der Waals surface area contributed by atoms with Gasteiger partial charge in [-0.25, -0.2) is 0 Å². The summed E-state index contributed by atoms with van der Waals surface area (Å²) >= 11 is 0. The Morgan fingerprint density at radius 2 is 1.88 bits per heavy atom. The van der Waals surface area contributed by atoms with Gasteiger partial charge >= 0.3 is 6.18 Å². The van der Waals surface area contributed by atoms with Crippen molar-refractivity contribution < 1.29 is 22.7 Å². The Morgan fingerprint density at radius 1 is 1.21 bits per heavy atom. The lowest BCUT2D eigenvalue weighted by molar-refractivity contribution is -0.137. The number of Topliss-reactive ketones (excluding diaryl/α,β-unsaturated/α-hetero) is 1. The van der Waals surface area contributed by atoms with Gasteiger partial charge in [0.2, 0.25) is 5.88 Å². The maximum atomic E-state index is 12.7. The molecule has 124 valence electrons. The van der Waals surface area contributed by atoms with Crippen molar-refractivity contribution in [1.82, 2.24) is 0 Å². The average molecular weight is 334 g/mol. The molecule has 0 bridgehead atoms. The van der Waals surface area contributed by atoms with Crippen LogP contribution < -0.4 is 5.73 Å². The van der Waals surface area contributed by atoms with E-state index < -0.39 is 17.7 Å². The molecule has 1 atom stereocenters. The van der Waals surface area contributed by atoms with Gasteiger partial charge in [-0.1, -0.05) is 12.1 Å². The molecule has 0 aromatic heterocycles. The zero-order valence-electron chi connectivity index (χ0n) is 12.5.